The van der Waals surface area contributed by atoms with Gasteiger partial charge in [0.15, 0.2) is 6.10 Å². The van der Waals surface area contributed by atoms with E-state index in [-0.39, 0.29) is 31.1 Å². The van der Waals surface area contributed by atoms with Gasteiger partial charge in [-0.1, -0.05) is 348 Å². The highest BCUT2D eigenvalue weighted by molar-refractivity contribution is 5.71. The molecule has 1 atom stereocenters. The van der Waals surface area contributed by atoms with Crippen molar-refractivity contribution in [1.82, 2.24) is 0 Å². The van der Waals surface area contributed by atoms with Gasteiger partial charge in [0, 0.05) is 19.3 Å². The van der Waals surface area contributed by atoms with Gasteiger partial charge in [-0.2, -0.15) is 0 Å². The first-order chi connectivity index (χ1) is 35.5. The summed E-state index contributed by atoms with van der Waals surface area (Å²) in [6.07, 6.45) is 71.3. The number of carbonyl (C=O) groups is 3. The lowest BCUT2D eigenvalue weighted by Gasteiger charge is -2.18. The van der Waals surface area contributed by atoms with Gasteiger partial charge in [0.1, 0.15) is 13.2 Å². The molecule has 0 aliphatic rings. The Hall–Kier alpha value is -1.59. The summed E-state index contributed by atoms with van der Waals surface area (Å²) in [5.41, 5.74) is 0. The third-order valence-electron chi connectivity index (χ3n) is 15.4. The maximum atomic E-state index is 12.9. The summed E-state index contributed by atoms with van der Waals surface area (Å²) in [6, 6.07) is 0. The SMILES string of the molecule is CCCCCCCCCCCCCCCCCCCCCCCCCCC(=O)OCC(COC(=O)CCCCCCCCCCC)OC(=O)CCCCCCCCCCCCCCCCCCCCCCC. The van der Waals surface area contributed by atoms with Crippen molar-refractivity contribution in [3.05, 3.63) is 0 Å². The van der Waals surface area contributed by atoms with Gasteiger partial charge in [-0.05, 0) is 19.3 Å². The lowest BCUT2D eigenvalue weighted by atomic mass is 10.0. The molecule has 72 heavy (non-hydrogen) atoms. The quantitative estimate of drug-likeness (QED) is 0.0343. The highest BCUT2D eigenvalue weighted by Gasteiger charge is 2.19. The van der Waals surface area contributed by atoms with E-state index in [2.05, 4.69) is 20.8 Å². The van der Waals surface area contributed by atoms with Gasteiger partial charge < -0.3 is 14.2 Å². The van der Waals surface area contributed by atoms with Crippen LogP contribution in [0.5, 0.6) is 0 Å². The van der Waals surface area contributed by atoms with Crippen LogP contribution in [0, 0.1) is 0 Å². The van der Waals surface area contributed by atoms with E-state index in [9.17, 15) is 14.4 Å². The first kappa shape index (κ1) is 70.4. The third kappa shape index (κ3) is 59.3. The van der Waals surface area contributed by atoms with Gasteiger partial charge >= 0.3 is 17.9 Å². The number of hydrogen-bond donors (Lipinski definition) is 0. The fraction of sp³-hybridized carbons (Fsp3) is 0.955. The van der Waals surface area contributed by atoms with Crippen LogP contribution in [-0.4, -0.2) is 37.2 Å². The normalized spacial score (nSPS) is 11.9. The minimum absolute atomic E-state index is 0.0609. The summed E-state index contributed by atoms with van der Waals surface area (Å²) >= 11 is 0. The summed E-state index contributed by atoms with van der Waals surface area (Å²) in [7, 11) is 0. The Bertz CT molecular complexity index is 1080. The van der Waals surface area contributed by atoms with Crippen LogP contribution >= 0.6 is 0 Å². The molecule has 0 aromatic carbocycles. The van der Waals surface area contributed by atoms with Crippen molar-refractivity contribution >= 4 is 17.9 Å². The molecule has 0 spiro atoms. The van der Waals surface area contributed by atoms with Crippen LogP contribution < -0.4 is 0 Å². The Kier molecular flexibility index (Phi) is 60.6. The molecule has 1 unspecified atom stereocenters. The molecule has 0 aromatic heterocycles. The monoisotopic (exact) mass is 1020 g/mol. The van der Waals surface area contributed by atoms with E-state index in [1.165, 1.54) is 289 Å². The topological polar surface area (TPSA) is 78.9 Å². The minimum atomic E-state index is -0.761. The second-order valence-electron chi connectivity index (χ2n) is 22.8. The van der Waals surface area contributed by atoms with Gasteiger partial charge in [-0.25, -0.2) is 0 Å². The second-order valence-corrected chi connectivity index (χ2v) is 22.8. The number of ether oxygens (including phenoxy) is 3. The molecule has 6 heteroatoms. The molecule has 6 nitrogen and oxygen atoms in total. The van der Waals surface area contributed by atoms with Gasteiger partial charge in [-0.15, -0.1) is 0 Å². The maximum absolute atomic E-state index is 12.9. The minimum Gasteiger partial charge on any atom is -0.462 e. The fourth-order valence-corrected chi connectivity index (χ4v) is 10.4. The lowest BCUT2D eigenvalue weighted by Crippen LogP contribution is -2.30. The Balaban J connectivity index is 4.11. The molecule has 0 aliphatic carbocycles. The predicted octanol–water partition coefficient (Wildman–Crippen LogP) is 22.3. The first-order valence-corrected chi connectivity index (χ1v) is 33.0. The van der Waals surface area contributed by atoms with Crippen molar-refractivity contribution in [2.45, 2.75) is 393 Å². The Morgan fingerprint density at radius 3 is 0.556 bits per heavy atom. The molecule has 0 fully saturated rings. The molecule has 0 aromatic rings. The summed E-state index contributed by atoms with van der Waals surface area (Å²) < 4.78 is 16.9. The average Bonchev–Trinajstić information content (AvgIpc) is 3.38. The molecular weight excluding hydrogens is 889 g/mol. The van der Waals surface area contributed by atoms with Crippen LogP contribution in [0.3, 0.4) is 0 Å². The summed E-state index contributed by atoms with van der Waals surface area (Å²) in [5.74, 6) is -0.830. The van der Waals surface area contributed by atoms with Gasteiger partial charge in [-0.3, -0.25) is 14.4 Å². The van der Waals surface area contributed by atoms with Gasteiger partial charge in [0.25, 0.3) is 0 Å². The number of unbranched alkanes of at least 4 members (excludes halogenated alkanes) is 51. The van der Waals surface area contributed by atoms with Crippen LogP contribution in [0.25, 0.3) is 0 Å². The predicted molar refractivity (Wildman–Crippen MR) is 312 cm³/mol. The summed E-state index contributed by atoms with van der Waals surface area (Å²) in [5, 5.41) is 0. The van der Waals surface area contributed by atoms with E-state index < -0.39 is 6.10 Å². The molecule has 0 amide bonds. The number of carbonyl (C=O) groups excluding carboxylic acids is 3. The Labute approximate surface area is 450 Å². The van der Waals surface area contributed by atoms with Crippen molar-refractivity contribution in [1.29, 1.82) is 0 Å². The highest BCUT2D eigenvalue weighted by atomic mass is 16.6. The van der Waals surface area contributed by atoms with Crippen LogP contribution in [-0.2, 0) is 28.6 Å². The van der Waals surface area contributed by atoms with Crippen molar-refractivity contribution in [2.24, 2.45) is 0 Å². The van der Waals surface area contributed by atoms with Crippen LogP contribution in [0.2, 0.25) is 0 Å². The Morgan fingerprint density at radius 2 is 0.375 bits per heavy atom. The molecule has 428 valence electrons. The van der Waals surface area contributed by atoms with Crippen molar-refractivity contribution < 1.29 is 28.6 Å². The standard InChI is InChI=1S/C66H128O6/c1-4-7-10-13-16-19-21-23-25-27-29-31-32-33-35-36-38-40-42-44-47-50-53-56-59-65(68)71-62-63(61-70-64(67)58-55-52-49-46-18-15-12-9-6-3)72-66(69)60-57-54-51-48-45-43-41-39-37-34-30-28-26-24-22-20-17-14-11-8-5-2/h63H,4-62H2,1-3H3. The van der Waals surface area contributed by atoms with Crippen molar-refractivity contribution in [3.63, 3.8) is 0 Å². The van der Waals surface area contributed by atoms with E-state index in [0.717, 1.165) is 57.8 Å². The van der Waals surface area contributed by atoms with Crippen molar-refractivity contribution in [3.8, 4) is 0 Å². The van der Waals surface area contributed by atoms with Crippen LogP contribution in [0.15, 0.2) is 0 Å². The molecule has 0 bridgehead atoms. The number of esters is 3. The van der Waals surface area contributed by atoms with E-state index in [0.29, 0.717) is 19.3 Å². The van der Waals surface area contributed by atoms with E-state index in [4.69, 9.17) is 14.2 Å². The molecular formula is C66H128O6. The largest absolute Gasteiger partial charge is 0.462 e. The molecule has 0 rings (SSSR count). The van der Waals surface area contributed by atoms with Crippen LogP contribution in [0.4, 0.5) is 0 Å². The summed E-state index contributed by atoms with van der Waals surface area (Å²) in [6.45, 7) is 6.71. The molecule has 0 heterocycles. The average molecular weight is 1020 g/mol. The second kappa shape index (κ2) is 62.0. The van der Waals surface area contributed by atoms with Gasteiger partial charge in [0.2, 0.25) is 0 Å². The highest BCUT2D eigenvalue weighted by Crippen LogP contribution is 2.19. The molecule has 0 N–H and O–H groups in total. The summed E-state index contributed by atoms with van der Waals surface area (Å²) in [4.78, 5) is 38.2. The maximum Gasteiger partial charge on any atom is 0.306 e. The third-order valence-corrected chi connectivity index (χ3v) is 15.4. The Morgan fingerprint density at radius 1 is 0.222 bits per heavy atom. The lowest BCUT2D eigenvalue weighted by molar-refractivity contribution is -0.167. The molecule has 0 aliphatic heterocycles. The van der Waals surface area contributed by atoms with Crippen LogP contribution in [0.1, 0.15) is 387 Å². The van der Waals surface area contributed by atoms with E-state index in [1.807, 2.05) is 0 Å². The fourth-order valence-electron chi connectivity index (χ4n) is 10.4. The molecule has 0 saturated heterocycles. The smallest absolute Gasteiger partial charge is 0.306 e. The zero-order chi connectivity index (χ0) is 52.2. The first-order valence-electron chi connectivity index (χ1n) is 33.0. The number of rotatable bonds is 62. The van der Waals surface area contributed by atoms with E-state index >= 15 is 0 Å². The molecule has 0 radical (unpaired) electrons. The van der Waals surface area contributed by atoms with E-state index in [1.54, 1.807) is 0 Å². The zero-order valence-corrected chi connectivity index (χ0v) is 49.2. The van der Waals surface area contributed by atoms with Crippen molar-refractivity contribution in [2.75, 3.05) is 13.2 Å². The zero-order valence-electron chi connectivity index (χ0n) is 49.2. The number of hydrogen-bond acceptors (Lipinski definition) is 6. The molecule has 0 saturated carbocycles. The van der Waals surface area contributed by atoms with Gasteiger partial charge in [0.05, 0.1) is 0 Å².